The van der Waals surface area contributed by atoms with Crippen molar-refractivity contribution in [1.82, 2.24) is 5.32 Å². The topological polar surface area (TPSA) is 29.1 Å². The van der Waals surface area contributed by atoms with Gasteiger partial charge in [0.15, 0.2) is 0 Å². The summed E-state index contributed by atoms with van der Waals surface area (Å²) in [6.07, 6.45) is 0.737. The van der Waals surface area contributed by atoms with Crippen LogP contribution in [0.3, 0.4) is 0 Å². The van der Waals surface area contributed by atoms with E-state index in [9.17, 15) is 4.79 Å². The Balaban J connectivity index is 3.61. The van der Waals surface area contributed by atoms with Crippen molar-refractivity contribution >= 4 is 17.5 Å². The molecule has 2 nitrogen and oxygen atoms in total. The van der Waals surface area contributed by atoms with Gasteiger partial charge in [-0.05, 0) is 12.3 Å². The average molecular weight is 164 g/mol. The van der Waals surface area contributed by atoms with E-state index in [0.29, 0.717) is 5.92 Å². The van der Waals surface area contributed by atoms with Gasteiger partial charge in [0.05, 0.1) is 0 Å². The first kappa shape index (κ1) is 9.76. The van der Waals surface area contributed by atoms with E-state index >= 15 is 0 Å². The molecule has 0 saturated carbocycles. The second kappa shape index (κ2) is 4.56. The minimum Gasteiger partial charge on any atom is -0.358 e. The fraction of sp³-hybridized carbons (Fsp3) is 0.857. The number of halogens is 1. The lowest BCUT2D eigenvalue weighted by Crippen LogP contribution is -2.28. The monoisotopic (exact) mass is 163 g/mol. The highest BCUT2D eigenvalue weighted by Crippen LogP contribution is 2.09. The van der Waals surface area contributed by atoms with Crippen molar-refractivity contribution in [3.8, 4) is 0 Å². The molecule has 0 fully saturated rings. The van der Waals surface area contributed by atoms with Gasteiger partial charge in [-0.2, -0.15) is 0 Å². The van der Waals surface area contributed by atoms with Crippen LogP contribution in [0, 0.1) is 5.92 Å². The maximum atomic E-state index is 10.8. The maximum absolute atomic E-state index is 10.8. The normalized spacial score (nSPS) is 13.3. The van der Waals surface area contributed by atoms with Crippen molar-refractivity contribution in [1.29, 1.82) is 0 Å². The molecule has 0 aromatic rings. The predicted molar refractivity (Wildman–Crippen MR) is 43.2 cm³/mol. The summed E-state index contributed by atoms with van der Waals surface area (Å²) < 4.78 is 0. The smallest absolute Gasteiger partial charge is 0.237 e. The van der Waals surface area contributed by atoms with Crippen molar-refractivity contribution in [2.45, 2.75) is 25.6 Å². The van der Waals surface area contributed by atoms with Crippen LogP contribution < -0.4 is 5.32 Å². The van der Waals surface area contributed by atoms with Crippen molar-refractivity contribution in [3.63, 3.8) is 0 Å². The number of rotatable bonds is 3. The van der Waals surface area contributed by atoms with E-state index in [4.69, 9.17) is 11.6 Å². The Morgan fingerprint density at radius 1 is 1.60 bits per heavy atom. The molecule has 60 valence electrons. The van der Waals surface area contributed by atoms with Crippen molar-refractivity contribution in [3.05, 3.63) is 0 Å². The highest BCUT2D eigenvalue weighted by molar-refractivity contribution is 6.30. The third-order valence-corrected chi connectivity index (χ3v) is 1.59. The van der Waals surface area contributed by atoms with Crippen LogP contribution in [-0.2, 0) is 4.79 Å². The molecule has 0 aromatic carbocycles. The Labute approximate surface area is 66.9 Å². The molecule has 1 N–H and O–H groups in total. The summed E-state index contributed by atoms with van der Waals surface area (Å²) in [4.78, 5) is 10.8. The van der Waals surface area contributed by atoms with Gasteiger partial charge in [-0.25, -0.2) is 0 Å². The van der Waals surface area contributed by atoms with E-state index in [2.05, 4.69) is 5.32 Å². The Bertz CT molecular complexity index is 114. The zero-order chi connectivity index (χ0) is 8.15. The molecule has 0 heterocycles. The van der Waals surface area contributed by atoms with Gasteiger partial charge in [0.2, 0.25) is 5.91 Å². The molecule has 10 heavy (non-hydrogen) atoms. The molecule has 0 aliphatic rings. The van der Waals surface area contributed by atoms with E-state index in [1.165, 1.54) is 0 Å². The minimum atomic E-state index is -0.370. The van der Waals surface area contributed by atoms with Crippen LogP contribution in [0.4, 0.5) is 0 Å². The molecule has 0 rings (SSSR count). The number of carbonyl (C=O) groups is 1. The molecular formula is C7H14ClNO. The molecule has 0 aliphatic heterocycles. The number of hydrogen-bond acceptors (Lipinski definition) is 1. The van der Waals surface area contributed by atoms with Crippen LogP contribution in [-0.4, -0.2) is 18.3 Å². The third kappa shape index (κ3) is 3.72. The summed E-state index contributed by atoms with van der Waals surface area (Å²) >= 11 is 5.71. The minimum absolute atomic E-state index is 0.0876. The average Bonchev–Trinajstić information content (AvgIpc) is 1.85. The van der Waals surface area contributed by atoms with Crippen molar-refractivity contribution < 1.29 is 4.79 Å². The number of carbonyl (C=O) groups excluding carboxylic acids is 1. The first-order valence-electron chi connectivity index (χ1n) is 3.43. The van der Waals surface area contributed by atoms with Crippen LogP contribution in [0.15, 0.2) is 0 Å². The van der Waals surface area contributed by atoms with E-state index in [-0.39, 0.29) is 11.3 Å². The molecule has 0 saturated heterocycles. The molecule has 0 aliphatic carbocycles. The molecule has 3 heteroatoms. The molecule has 1 atom stereocenters. The fourth-order valence-electron chi connectivity index (χ4n) is 0.678. The second-order valence-corrected chi connectivity index (χ2v) is 3.24. The van der Waals surface area contributed by atoms with Gasteiger partial charge in [-0.3, -0.25) is 4.79 Å². The molecule has 1 amide bonds. The van der Waals surface area contributed by atoms with Gasteiger partial charge in [-0.1, -0.05) is 13.8 Å². The SMILES string of the molecule is CNC(=O)C(Cl)CC(C)C. The summed E-state index contributed by atoms with van der Waals surface area (Å²) in [6.45, 7) is 4.08. The Morgan fingerprint density at radius 2 is 2.10 bits per heavy atom. The lowest BCUT2D eigenvalue weighted by atomic mass is 10.1. The van der Waals surface area contributed by atoms with E-state index in [0.717, 1.165) is 6.42 Å². The first-order chi connectivity index (χ1) is 4.57. The lowest BCUT2D eigenvalue weighted by Gasteiger charge is -2.09. The summed E-state index contributed by atoms with van der Waals surface area (Å²) in [6, 6.07) is 0. The first-order valence-corrected chi connectivity index (χ1v) is 3.87. The van der Waals surface area contributed by atoms with Crippen molar-refractivity contribution in [2.75, 3.05) is 7.05 Å². The molecule has 0 aromatic heterocycles. The molecule has 1 unspecified atom stereocenters. The zero-order valence-corrected chi connectivity index (χ0v) is 7.40. The van der Waals surface area contributed by atoms with Crippen LogP contribution >= 0.6 is 11.6 Å². The molecule has 0 bridgehead atoms. The standard InChI is InChI=1S/C7H14ClNO/c1-5(2)4-6(8)7(10)9-3/h5-6H,4H2,1-3H3,(H,9,10). The second-order valence-electron chi connectivity index (χ2n) is 2.71. The van der Waals surface area contributed by atoms with Gasteiger partial charge in [0, 0.05) is 7.05 Å². The Kier molecular flexibility index (Phi) is 4.45. The number of nitrogens with one attached hydrogen (secondary N) is 1. The Morgan fingerprint density at radius 3 is 2.40 bits per heavy atom. The fourth-order valence-corrected chi connectivity index (χ4v) is 1.14. The van der Waals surface area contributed by atoms with Crippen LogP contribution in [0.1, 0.15) is 20.3 Å². The molecular weight excluding hydrogens is 150 g/mol. The lowest BCUT2D eigenvalue weighted by molar-refractivity contribution is -0.120. The van der Waals surface area contributed by atoms with E-state index in [1.807, 2.05) is 13.8 Å². The summed E-state index contributed by atoms with van der Waals surface area (Å²) in [5.74, 6) is 0.384. The van der Waals surface area contributed by atoms with E-state index < -0.39 is 0 Å². The summed E-state index contributed by atoms with van der Waals surface area (Å²) in [5.41, 5.74) is 0. The van der Waals surface area contributed by atoms with Crippen LogP contribution in [0.25, 0.3) is 0 Å². The quantitative estimate of drug-likeness (QED) is 0.626. The van der Waals surface area contributed by atoms with E-state index in [1.54, 1.807) is 7.05 Å². The predicted octanol–water partition coefficient (Wildman–Crippen LogP) is 1.39. The number of hydrogen-bond donors (Lipinski definition) is 1. The Hall–Kier alpha value is -0.240. The van der Waals surface area contributed by atoms with Crippen LogP contribution in [0.5, 0.6) is 0 Å². The largest absolute Gasteiger partial charge is 0.358 e. The maximum Gasteiger partial charge on any atom is 0.237 e. The van der Waals surface area contributed by atoms with Gasteiger partial charge >= 0.3 is 0 Å². The highest BCUT2D eigenvalue weighted by atomic mass is 35.5. The third-order valence-electron chi connectivity index (χ3n) is 1.21. The van der Waals surface area contributed by atoms with Gasteiger partial charge in [-0.15, -0.1) is 11.6 Å². The molecule has 0 spiro atoms. The molecule has 0 radical (unpaired) electrons. The van der Waals surface area contributed by atoms with Gasteiger partial charge < -0.3 is 5.32 Å². The summed E-state index contributed by atoms with van der Waals surface area (Å²) in [7, 11) is 1.60. The van der Waals surface area contributed by atoms with Gasteiger partial charge in [0.1, 0.15) is 5.38 Å². The van der Waals surface area contributed by atoms with Gasteiger partial charge in [0.25, 0.3) is 0 Å². The highest BCUT2D eigenvalue weighted by Gasteiger charge is 2.14. The zero-order valence-electron chi connectivity index (χ0n) is 6.65. The number of amides is 1. The van der Waals surface area contributed by atoms with Crippen molar-refractivity contribution in [2.24, 2.45) is 5.92 Å². The summed E-state index contributed by atoms with van der Waals surface area (Å²) in [5, 5.41) is 2.13. The van der Waals surface area contributed by atoms with Crippen LogP contribution in [0.2, 0.25) is 0 Å². The number of alkyl halides is 1.